The van der Waals surface area contributed by atoms with Crippen LogP contribution < -0.4 is 5.32 Å². The quantitative estimate of drug-likeness (QED) is 0.441. The molecular formula is C24H18F2N2O. The molecule has 29 heavy (non-hydrogen) atoms. The lowest BCUT2D eigenvalue weighted by atomic mass is 10.1. The molecule has 4 aromatic rings. The van der Waals surface area contributed by atoms with Crippen LogP contribution in [-0.2, 0) is 6.54 Å². The standard InChI is InChI=1S/C24H18F2N2O/c25-21-13-17-9-11-19(28-23(17)14-22(21)26)10-8-16-4-3-6-20(12-16)27-15-18-5-1-2-7-24(18)29/h1-14,27,29H,15H2/b10-8+. The molecule has 0 atom stereocenters. The highest BCUT2D eigenvalue weighted by Crippen LogP contribution is 2.20. The van der Waals surface area contributed by atoms with Gasteiger partial charge in [-0.05, 0) is 42.0 Å². The van der Waals surface area contributed by atoms with Crippen molar-refractivity contribution in [3.63, 3.8) is 0 Å². The highest BCUT2D eigenvalue weighted by Gasteiger charge is 2.05. The van der Waals surface area contributed by atoms with E-state index in [0.717, 1.165) is 28.9 Å². The van der Waals surface area contributed by atoms with E-state index in [2.05, 4.69) is 10.3 Å². The lowest BCUT2D eigenvalue weighted by Gasteiger charge is -2.08. The molecular weight excluding hydrogens is 370 g/mol. The summed E-state index contributed by atoms with van der Waals surface area (Å²) in [7, 11) is 0. The van der Waals surface area contributed by atoms with Crippen molar-refractivity contribution in [2.75, 3.05) is 5.32 Å². The van der Waals surface area contributed by atoms with Crippen LogP contribution in [0.4, 0.5) is 14.5 Å². The summed E-state index contributed by atoms with van der Waals surface area (Å²) in [5.41, 5.74) is 3.75. The zero-order chi connectivity index (χ0) is 20.2. The molecule has 0 radical (unpaired) electrons. The molecule has 144 valence electrons. The molecule has 5 heteroatoms. The van der Waals surface area contributed by atoms with Crippen molar-refractivity contribution < 1.29 is 13.9 Å². The molecule has 0 unspecified atom stereocenters. The minimum atomic E-state index is -0.908. The number of benzene rings is 3. The summed E-state index contributed by atoms with van der Waals surface area (Å²) in [4.78, 5) is 4.36. The van der Waals surface area contributed by atoms with Gasteiger partial charge in [-0.15, -0.1) is 0 Å². The van der Waals surface area contributed by atoms with E-state index in [-0.39, 0.29) is 5.75 Å². The highest BCUT2D eigenvalue weighted by atomic mass is 19.2. The second kappa shape index (κ2) is 8.10. The van der Waals surface area contributed by atoms with Gasteiger partial charge in [-0.1, -0.05) is 42.5 Å². The van der Waals surface area contributed by atoms with Gasteiger partial charge in [0.15, 0.2) is 11.6 Å². The van der Waals surface area contributed by atoms with Crippen LogP contribution >= 0.6 is 0 Å². The summed E-state index contributed by atoms with van der Waals surface area (Å²) in [6.07, 6.45) is 3.72. The van der Waals surface area contributed by atoms with Gasteiger partial charge in [-0.3, -0.25) is 0 Å². The summed E-state index contributed by atoms with van der Waals surface area (Å²) in [5, 5.41) is 13.7. The normalized spacial score (nSPS) is 11.2. The van der Waals surface area contributed by atoms with Crippen LogP contribution in [0.15, 0.2) is 72.8 Å². The molecule has 1 heterocycles. The number of hydrogen-bond acceptors (Lipinski definition) is 3. The van der Waals surface area contributed by atoms with Crippen LogP contribution in [0.3, 0.4) is 0 Å². The number of anilines is 1. The number of aromatic hydroxyl groups is 1. The predicted octanol–water partition coefficient (Wildman–Crippen LogP) is 6.00. The fourth-order valence-corrected chi connectivity index (χ4v) is 3.02. The maximum atomic E-state index is 13.4. The SMILES string of the molecule is Oc1ccccc1CNc1cccc(/C=C/c2ccc3cc(F)c(F)cc3n2)c1. The molecule has 1 aromatic heterocycles. The Hall–Kier alpha value is -3.73. The Bertz CT molecular complexity index is 1200. The largest absolute Gasteiger partial charge is 0.508 e. The van der Waals surface area contributed by atoms with Crippen LogP contribution in [0.5, 0.6) is 5.75 Å². The van der Waals surface area contributed by atoms with Crippen LogP contribution in [0.2, 0.25) is 0 Å². The Balaban J connectivity index is 1.50. The number of pyridine rings is 1. The number of para-hydroxylation sites is 1. The smallest absolute Gasteiger partial charge is 0.161 e. The Morgan fingerprint density at radius 2 is 1.69 bits per heavy atom. The average Bonchev–Trinajstić information content (AvgIpc) is 2.73. The van der Waals surface area contributed by atoms with Crippen molar-refractivity contribution in [1.29, 1.82) is 0 Å². The van der Waals surface area contributed by atoms with Crippen molar-refractivity contribution in [2.24, 2.45) is 0 Å². The number of fused-ring (bicyclic) bond motifs is 1. The Morgan fingerprint density at radius 3 is 2.55 bits per heavy atom. The second-order valence-electron chi connectivity index (χ2n) is 6.64. The minimum Gasteiger partial charge on any atom is -0.508 e. The number of phenolic OH excluding ortho intramolecular Hbond substituents is 1. The van der Waals surface area contributed by atoms with Crippen molar-refractivity contribution >= 4 is 28.7 Å². The van der Waals surface area contributed by atoms with Gasteiger partial charge in [-0.25, -0.2) is 13.8 Å². The first-order valence-corrected chi connectivity index (χ1v) is 9.13. The molecule has 0 bridgehead atoms. The molecule has 0 aliphatic heterocycles. The number of nitrogens with one attached hydrogen (secondary N) is 1. The van der Waals surface area contributed by atoms with E-state index >= 15 is 0 Å². The number of hydrogen-bond donors (Lipinski definition) is 2. The minimum absolute atomic E-state index is 0.259. The van der Waals surface area contributed by atoms with E-state index in [1.807, 2.05) is 48.6 Å². The zero-order valence-electron chi connectivity index (χ0n) is 15.4. The van der Waals surface area contributed by atoms with Gasteiger partial charge in [0.1, 0.15) is 5.75 Å². The van der Waals surface area contributed by atoms with Gasteiger partial charge >= 0.3 is 0 Å². The van der Waals surface area contributed by atoms with E-state index < -0.39 is 11.6 Å². The summed E-state index contributed by atoms with van der Waals surface area (Å²) >= 11 is 0. The molecule has 2 N–H and O–H groups in total. The second-order valence-corrected chi connectivity index (χ2v) is 6.64. The van der Waals surface area contributed by atoms with Gasteiger partial charge in [0.25, 0.3) is 0 Å². The third kappa shape index (κ3) is 4.41. The van der Waals surface area contributed by atoms with E-state index in [4.69, 9.17) is 0 Å². The predicted molar refractivity (Wildman–Crippen MR) is 112 cm³/mol. The van der Waals surface area contributed by atoms with Crippen molar-refractivity contribution in [3.05, 3.63) is 101 Å². The fourth-order valence-electron chi connectivity index (χ4n) is 3.02. The molecule has 3 nitrogen and oxygen atoms in total. The van der Waals surface area contributed by atoms with Crippen LogP contribution in [0.25, 0.3) is 23.1 Å². The van der Waals surface area contributed by atoms with Crippen LogP contribution in [0.1, 0.15) is 16.8 Å². The van der Waals surface area contributed by atoms with E-state index in [9.17, 15) is 13.9 Å². The van der Waals surface area contributed by atoms with Crippen molar-refractivity contribution in [2.45, 2.75) is 6.54 Å². The first kappa shape index (κ1) is 18.6. The molecule has 0 saturated carbocycles. The van der Waals surface area contributed by atoms with Gasteiger partial charge in [-0.2, -0.15) is 0 Å². The zero-order valence-corrected chi connectivity index (χ0v) is 15.4. The molecule has 0 aliphatic carbocycles. The van der Waals surface area contributed by atoms with E-state index in [1.54, 1.807) is 24.3 Å². The molecule has 4 rings (SSSR count). The molecule has 0 amide bonds. The topological polar surface area (TPSA) is 45.1 Å². The molecule has 0 aliphatic rings. The lowest BCUT2D eigenvalue weighted by molar-refractivity contribution is 0.469. The average molecular weight is 388 g/mol. The summed E-state index contributed by atoms with van der Waals surface area (Å²) in [6, 6.07) is 20.7. The highest BCUT2D eigenvalue weighted by molar-refractivity contribution is 5.81. The van der Waals surface area contributed by atoms with Gasteiger partial charge in [0.2, 0.25) is 0 Å². The number of rotatable bonds is 5. The van der Waals surface area contributed by atoms with E-state index in [1.165, 1.54) is 0 Å². The Morgan fingerprint density at radius 1 is 0.862 bits per heavy atom. The fraction of sp³-hybridized carbons (Fsp3) is 0.0417. The van der Waals surface area contributed by atoms with Gasteiger partial charge < -0.3 is 10.4 Å². The van der Waals surface area contributed by atoms with Crippen molar-refractivity contribution in [3.8, 4) is 5.75 Å². The first-order chi connectivity index (χ1) is 14.1. The monoisotopic (exact) mass is 388 g/mol. The van der Waals surface area contributed by atoms with Crippen LogP contribution in [0, 0.1) is 11.6 Å². The molecule has 0 saturated heterocycles. The number of nitrogens with zero attached hydrogens (tertiary/aromatic N) is 1. The third-order valence-electron chi connectivity index (χ3n) is 4.56. The van der Waals surface area contributed by atoms with Gasteiger partial charge in [0, 0.05) is 29.2 Å². The number of phenols is 1. The molecule has 0 spiro atoms. The maximum Gasteiger partial charge on any atom is 0.161 e. The number of halogens is 2. The summed E-state index contributed by atoms with van der Waals surface area (Å²) < 4.78 is 26.8. The lowest BCUT2D eigenvalue weighted by Crippen LogP contribution is -1.99. The Labute approximate surface area is 167 Å². The van der Waals surface area contributed by atoms with Gasteiger partial charge in [0.05, 0.1) is 11.2 Å². The third-order valence-corrected chi connectivity index (χ3v) is 4.56. The number of aromatic nitrogens is 1. The first-order valence-electron chi connectivity index (χ1n) is 9.13. The van der Waals surface area contributed by atoms with Crippen molar-refractivity contribution in [1.82, 2.24) is 4.98 Å². The summed E-state index contributed by atoms with van der Waals surface area (Å²) in [6.45, 7) is 0.508. The summed E-state index contributed by atoms with van der Waals surface area (Å²) in [5.74, 6) is -1.53. The Kier molecular flexibility index (Phi) is 5.20. The molecule has 0 fully saturated rings. The maximum absolute atomic E-state index is 13.4. The van der Waals surface area contributed by atoms with Crippen LogP contribution in [-0.4, -0.2) is 10.1 Å². The van der Waals surface area contributed by atoms with E-state index in [0.29, 0.717) is 23.1 Å². The molecule has 3 aromatic carbocycles.